The second-order valence-corrected chi connectivity index (χ2v) is 4.35. The van der Waals surface area contributed by atoms with Gasteiger partial charge in [-0.05, 0) is 6.42 Å². The van der Waals surface area contributed by atoms with Crippen LogP contribution in [0, 0.1) is 0 Å². The maximum Gasteiger partial charge on any atom is 0.239 e. The summed E-state index contributed by atoms with van der Waals surface area (Å²) in [5.74, 6) is 0.528. The normalized spacial score (nSPS) is 22.1. The molecular formula is C12H18N2O4. The molecule has 0 spiro atoms. The van der Waals surface area contributed by atoms with Crippen molar-refractivity contribution in [3.63, 3.8) is 0 Å². The van der Waals surface area contributed by atoms with Crippen LogP contribution in [0.4, 0.5) is 0 Å². The predicted molar refractivity (Wildman–Crippen MR) is 62.1 cm³/mol. The van der Waals surface area contributed by atoms with Crippen molar-refractivity contribution < 1.29 is 18.8 Å². The molecule has 2 unspecified atom stereocenters. The molecule has 1 aromatic rings. The third kappa shape index (κ3) is 2.76. The van der Waals surface area contributed by atoms with Gasteiger partial charge < -0.3 is 14.0 Å². The van der Waals surface area contributed by atoms with E-state index < -0.39 is 5.92 Å². The highest BCUT2D eigenvalue weighted by Gasteiger charge is 2.30. The molecule has 2 heterocycles. The monoisotopic (exact) mass is 254 g/mol. The molecule has 0 saturated carbocycles. The third-order valence-corrected chi connectivity index (χ3v) is 3.04. The maximum atomic E-state index is 11.7. The molecule has 6 heteroatoms. The molecule has 1 fully saturated rings. The molecule has 100 valence electrons. The summed E-state index contributed by atoms with van der Waals surface area (Å²) in [6, 6.07) is 0. The van der Waals surface area contributed by atoms with E-state index >= 15 is 0 Å². The van der Waals surface area contributed by atoms with E-state index in [1.165, 1.54) is 0 Å². The van der Waals surface area contributed by atoms with Crippen molar-refractivity contribution in [3.05, 3.63) is 11.7 Å². The fourth-order valence-electron chi connectivity index (χ4n) is 1.98. The number of hydrogen-bond acceptors (Lipinski definition) is 6. The Hall–Kier alpha value is -1.27. The van der Waals surface area contributed by atoms with Crippen LogP contribution in [0.3, 0.4) is 0 Å². The Balaban J connectivity index is 2.11. The van der Waals surface area contributed by atoms with Gasteiger partial charge in [0, 0.05) is 13.5 Å². The Bertz CT molecular complexity index is 405. The van der Waals surface area contributed by atoms with Crippen molar-refractivity contribution in [2.45, 2.75) is 38.2 Å². The predicted octanol–water partition coefficient (Wildman–Crippen LogP) is 1.63. The Morgan fingerprint density at radius 3 is 3.06 bits per heavy atom. The van der Waals surface area contributed by atoms with Crippen molar-refractivity contribution >= 4 is 5.78 Å². The molecule has 1 aliphatic heterocycles. The number of ketones is 1. The van der Waals surface area contributed by atoms with E-state index in [1.807, 2.05) is 0 Å². The summed E-state index contributed by atoms with van der Waals surface area (Å²) >= 11 is 0. The number of ether oxygens (including phenoxy) is 2. The summed E-state index contributed by atoms with van der Waals surface area (Å²) in [7, 11) is 1.62. The number of carbonyl (C=O) groups excluding carboxylic acids is 1. The lowest BCUT2D eigenvalue weighted by molar-refractivity contribution is -0.127. The van der Waals surface area contributed by atoms with Crippen LogP contribution in [0.5, 0.6) is 0 Å². The fraction of sp³-hybridized carbons (Fsp3) is 0.750. The topological polar surface area (TPSA) is 74.5 Å². The first-order valence-corrected chi connectivity index (χ1v) is 6.23. The van der Waals surface area contributed by atoms with Crippen LogP contribution in [-0.2, 0) is 14.3 Å². The van der Waals surface area contributed by atoms with Gasteiger partial charge in [-0.15, -0.1) is 0 Å². The summed E-state index contributed by atoms with van der Waals surface area (Å²) < 4.78 is 15.7. The van der Waals surface area contributed by atoms with Gasteiger partial charge in [0.2, 0.25) is 11.7 Å². The minimum absolute atomic E-state index is 0.0981. The molecule has 0 radical (unpaired) electrons. The number of methoxy groups -OCH3 is 1. The summed E-state index contributed by atoms with van der Waals surface area (Å²) in [6.45, 7) is 2.87. The first-order chi connectivity index (χ1) is 8.76. The molecule has 1 aliphatic rings. The van der Waals surface area contributed by atoms with Gasteiger partial charge in [-0.25, -0.2) is 0 Å². The molecule has 0 N–H and O–H groups in total. The van der Waals surface area contributed by atoms with Crippen LogP contribution < -0.4 is 0 Å². The number of hydrogen-bond donors (Lipinski definition) is 0. The van der Waals surface area contributed by atoms with Gasteiger partial charge >= 0.3 is 0 Å². The van der Waals surface area contributed by atoms with Gasteiger partial charge in [0.1, 0.15) is 17.8 Å². The molecular weight excluding hydrogens is 236 g/mol. The van der Waals surface area contributed by atoms with Crippen molar-refractivity contribution in [1.82, 2.24) is 10.1 Å². The van der Waals surface area contributed by atoms with Gasteiger partial charge in [0.15, 0.2) is 0 Å². The van der Waals surface area contributed by atoms with Crippen LogP contribution in [-0.4, -0.2) is 36.2 Å². The van der Waals surface area contributed by atoms with Crippen LogP contribution in [0.2, 0.25) is 0 Å². The fourth-order valence-corrected chi connectivity index (χ4v) is 1.98. The number of nitrogens with zero attached hydrogens (tertiary/aromatic N) is 2. The lowest BCUT2D eigenvalue weighted by atomic mass is 10.0. The van der Waals surface area contributed by atoms with Gasteiger partial charge in [0.25, 0.3) is 0 Å². The molecule has 0 aromatic carbocycles. The highest BCUT2D eigenvalue weighted by molar-refractivity contribution is 5.85. The van der Waals surface area contributed by atoms with Crippen LogP contribution >= 0.6 is 0 Å². The Labute approximate surface area is 106 Å². The second-order valence-electron chi connectivity index (χ2n) is 4.35. The zero-order chi connectivity index (χ0) is 13.0. The summed E-state index contributed by atoms with van der Waals surface area (Å²) in [6.07, 6.45) is 2.02. The van der Waals surface area contributed by atoms with E-state index in [9.17, 15) is 4.79 Å². The van der Waals surface area contributed by atoms with Crippen LogP contribution in [0.25, 0.3) is 0 Å². The molecule has 2 rings (SSSR count). The smallest absolute Gasteiger partial charge is 0.239 e. The number of aromatic nitrogens is 2. The van der Waals surface area contributed by atoms with Gasteiger partial charge in [-0.3, -0.25) is 4.79 Å². The van der Waals surface area contributed by atoms with E-state index in [4.69, 9.17) is 14.0 Å². The maximum absolute atomic E-state index is 11.7. The van der Waals surface area contributed by atoms with Crippen molar-refractivity contribution in [2.24, 2.45) is 0 Å². The average molecular weight is 254 g/mol. The highest BCUT2D eigenvalue weighted by atomic mass is 16.5. The second kappa shape index (κ2) is 6.06. The average Bonchev–Trinajstić information content (AvgIpc) is 2.85. The number of Topliss-reactive ketones (excluding diaryl/α,β-unsaturated/α-hetero) is 1. The van der Waals surface area contributed by atoms with Crippen molar-refractivity contribution in [2.75, 3.05) is 20.3 Å². The third-order valence-electron chi connectivity index (χ3n) is 3.04. The van der Waals surface area contributed by atoms with Gasteiger partial charge in [-0.2, -0.15) is 4.98 Å². The minimum atomic E-state index is -0.417. The van der Waals surface area contributed by atoms with Crippen molar-refractivity contribution in [1.29, 1.82) is 0 Å². The van der Waals surface area contributed by atoms with Gasteiger partial charge in [-0.1, -0.05) is 18.5 Å². The molecule has 0 bridgehead atoms. The molecule has 0 aliphatic carbocycles. The van der Waals surface area contributed by atoms with Gasteiger partial charge in [0.05, 0.1) is 13.2 Å². The molecule has 18 heavy (non-hydrogen) atoms. The quantitative estimate of drug-likeness (QED) is 0.795. The minimum Gasteiger partial charge on any atom is -0.380 e. The summed E-state index contributed by atoms with van der Waals surface area (Å²) in [4.78, 5) is 16.0. The van der Waals surface area contributed by atoms with Crippen molar-refractivity contribution in [3.8, 4) is 0 Å². The number of carbonyl (C=O) groups is 1. The molecule has 1 aromatic heterocycles. The zero-order valence-electron chi connectivity index (χ0n) is 10.7. The lowest BCUT2D eigenvalue weighted by Crippen LogP contribution is -2.25. The molecule has 0 amide bonds. The lowest BCUT2D eigenvalue weighted by Gasteiger charge is -2.17. The summed E-state index contributed by atoms with van der Waals surface area (Å²) in [5, 5.41) is 3.90. The Kier molecular flexibility index (Phi) is 4.43. The Morgan fingerprint density at radius 1 is 1.56 bits per heavy atom. The van der Waals surface area contributed by atoms with E-state index in [0.29, 0.717) is 31.3 Å². The van der Waals surface area contributed by atoms with E-state index in [2.05, 4.69) is 17.1 Å². The summed E-state index contributed by atoms with van der Waals surface area (Å²) in [5.41, 5.74) is 0. The molecule has 2 atom stereocenters. The first-order valence-electron chi connectivity index (χ1n) is 6.23. The largest absolute Gasteiger partial charge is 0.380 e. The van der Waals surface area contributed by atoms with E-state index in [0.717, 1.165) is 12.8 Å². The molecule has 6 nitrogen and oxygen atoms in total. The van der Waals surface area contributed by atoms with E-state index in [-0.39, 0.29) is 11.9 Å². The van der Waals surface area contributed by atoms with E-state index in [1.54, 1.807) is 7.11 Å². The standard InChI is InChI=1S/C12H18N2O4/c1-3-4-10(16-2)11-13-12(18-14-11)8-7-17-6-5-9(8)15/h8,10H,3-7H2,1-2H3. The number of rotatable bonds is 5. The van der Waals surface area contributed by atoms with Crippen LogP contribution in [0.15, 0.2) is 4.52 Å². The Morgan fingerprint density at radius 2 is 2.39 bits per heavy atom. The SMILES string of the molecule is CCCC(OC)c1noc(C2COCCC2=O)n1. The molecule has 1 saturated heterocycles. The first kappa shape index (κ1) is 13.2. The zero-order valence-corrected chi connectivity index (χ0v) is 10.7. The van der Waals surface area contributed by atoms with Crippen LogP contribution in [0.1, 0.15) is 49.9 Å². The highest BCUT2D eigenvalue weighted by Crippen LogP contribution is 2.24.